The molecule has 0 saturated carbocycles. The maximum Gasteiger partial charge on any atom is 0.337 e. The number of carbonyl (C=O) groups is 2. The Morgan fingerprint density at radius 3 is 2.29 bits per heavy atom. The van der Waals surface area contributed by atoms with Gasteiger partial charge in [0, 0.05) is 17.8 Å². The van der Waals surface area contributed by atoms with Crippen molar-refractivity contribution in [3.05, 3.63) is 102 Å². The van der Waals surface area contributed by atoms with E-state index < -0.39 is 33.6 Å². The van der Waals surface area contributed by atoms with Gasteiger partial charge in [-0.3, -0.25) is 14.1 Å². The van der Waals surface area contributed by atoms with Gasteiger partial charge in [0.25, 0.3) is 0 Å². The van der Waals surface area contributed by atoms with Crippen molar-refractivity contribution in [2.45, 2.75) is 18.2 Å². The number of carbonyl (C=O) groups excluding carboxylic acids is 1. The van der Waals surface area contributed by atoms with E-state index in [2.05, 4.69) is 4.98 Å². The van der Waals surface area contributed by atoms with Crippen LogP contribution in [-0.4, -0.2) is 44.7 Å². The summed E-state index contributed by atoms with van der Waals surface area (Å²) < 4.78 is 39.6. The summed E-state index contributed by atoms with van der Waals surface area (Å²) in [5.74, 6) is -1.23. The predicted octanol–water partition coefficient (Wildman–Crippen LogP) is 4.58. The van der Waals surface area contributed by atoms with E-state index in [0.29, 0.717) is 17.0 Å². The summed E-state index contributed by atoms with van der Waals surface area (Å²) in [6, 6.07) is 19.6. The molecule has 3 aromatic carbocycles. The van der Waals surface area contributed by atoms with Crippen molar-refractivity contribution in [3.63, 3.8) is 0 Å². The molecule has 0 amide bonds. The zero-order chi connectivity index (χ0) is 27.3. The molecule has 1 unspecified atom stereocenters. The number of carboxylic acid groups (broad SMARTS) is 1. The average Bonchev–Trinajstić information content (AvgIpc) is 2.94. The van der Waals surface area contributed by atoms with E-state index in [9.17, 15) is 23.1 Å². The molecule has 10 heteroatoms. The minimum Gasteiger partial charge on any atom is -0.497 e. The number of carboxylic acids is 1. The van der Waals surface area contributed by atoms with Gasteiger partial charge in [-0.15, -0.1) is 0 Å². The van der Waals surface area contributed by atoms with Gasteiger partial charge in [0.05, 0.1) is 38.4 Å². The van der Waals surface area contributed by atoms with Crippen LogP contribution in [0.1, 0.15) is 33.2 Å². The Hall–Kier alpha value is -4.44. The summed E-state index contributed by atoms with van der Waals surface area (Å²) in [4.78, 5) is 27.8. The van der Waals surface area contributed by atoms with E-state index in [4.69, 9.17) is 9.47 Å². The molecular formula is C28H26N2O7S. The number of hydrogen-bond acceptors (Lipinski definition) is 7. The molecular weight excluding hydrogens is 508 g/mol. The highest BCUT2D eigenvalue weighted by atomic mass is 32.2. The number of ether oxygens (including phenoxy) is 2. The van der Waals surface area contributed by atoms with Crippen LogP contribution in [-0.2, 0) is 26.1 Å². The monoisotopic (exact) mass is 534 g/mol. The molecule has 4 aromatic rings. The maximum atomic E-state index is 14.2. The Morgan fingerprint density at radius 2 is 1.66 bits per heavy atom. The summed E-state index contributed by atoms with van der Waals surface area (Å²) >= 11 is 0. The van der Waals surface area contributed by atoms with Gasteiger partial charge < -0.3 is 14.6 Å². The molecule has 0 bridgehead atoms. The molecule has 0 spiro atoms. The van der Waals surface area contributed by atoms with Crippen molar-refractivity contribution in [2.75, 3.05) is 18.5 Å². The highest BCUT2D eigenvalue weighted by Crippen LogP contribution is 2.35. The largest absolute Gasteiger partial charge is 0.497 e. The fourth-order valence-electron chi connectivity index (χ4n) is 4.11. The Labute approximate surface area is 220 Å². The van der Waals surface area contributed by atoms with Crippen molar-refractivity contribution in [1.82, 2.24) is 4.98 Å². The Bertz CT molecular complexity index is 1550. The van der Waals surface area contributed by atoms with Crippen molar-refractivity contribution in [1.29, 1.82) is 0 Å². The minimum absolute atomic E-state index is 0.0424. The van der Waals surface area contributed by atoms with E-state index in [1.165, 1.54) is 42.8 Å². The SMILES string of the molecule is COC(=O)c1ccc(C(CC(=O)O)S(=O)(=O)N(Cc2ccc(OC)cc2)c2ccc3cnccc3c2)cc1. The molecule has 38 heavy (non-hydrogen) atoms. The van der Waals surface area contributed by atoms with Gasteiger partial charge in [-0.05, 0) is 59.0 Å². The molecule has 0 aliphatic carbocycles. The zero-order valence-electron chi connectivity index (χ0n) is 20.8. The number of fused-ring (bicyclic) bond motifs is 1. The number of rotatable bonds is 10. The summed E-state index contributed by atoms with van der Waals surface area (Å²) in [5, 5.41) is 9.85. The first-order valence-electron chi connectivity index (χ1n) is 11.6. The Kier molecular flexibility index (Phi) is 7.92. The molecule has 9 nitrogen and oxygen atoms in total. The highest BCUT2D eigenvalue weighted by Gasteiger charge is 2.36. The third-order valence-corrected chi connectivity index (χ3v) is 8.24. The van der Waals surface area contributed by atoms with E-state index in [1.807, 2.05) is 0 Å². The second kappa shape index (κ2) is 11.3. The lowest BCUT2D eigenvalue weighted by molar-refractivity contribution is -0.137. The van der Waals surface area contributed by atoms with Crippen LogP contribution in [0.15, 0.2) is 85.2 Å². The van der Waals surface area contributed by atoms with E-state index in [0.717, 1.165) is 10.8 Å². The van der Waals surface area contributed by atoms with Crippen molar-refractivity contribution >= 4 is 38.4 Å². The third kappa shape index (κ3) is 5.76. The van der Waals surface area contributed by atoms with Crippen LogP contribution in [0.4, 0.5) is 5.69 Å². The van der Waals surface area contributed by atoms with Gasteiger partial charge in [0.15, 0.2) is 0 Å². The van der Waals surface area contributed by atoms with Crippen LogP contribution in [0.3, 0.4) is 0 Å². The lowest BCUT2D eigenvalue weighted by Gasteiger charge is -2.29. The molecule has 196 valence electrons. The summed E-state index contributed by atoms with van der Waals surface area (Å²) in [6.45, 7) is -0.0424. The van der Waals surface area contributed by atoms with Gasteiger partial charge in [-0.25, -0.2) is 13.2 Å². The number of benzene rings is 3. The molecule has 1 atom stereocenters. The number of methoxy groups -OCH3 is 2. The molecule has 0 fully saturated rings. The van der Waals surface area contributed by atoms with Gasteiger partial charge in [-0.2, -0.15) is 0 Å². The van der Waals surface area contributed by atoms with Crippen LogP contribution in [0.25, 0.3) is 10.8 Å². The zero-order valence-corrected chi connectivity index (χ0v) is 21.6. The first-order valence-corrected chi connectivity index (χ1v) is 13.1. The summed E-state index contributed by atoms with van der Waals surface area (Å²) in [5.41, 5.74) is 1.52. The number of pyridine rings is 1. The van der Waals surface area contributed by atoms with Gasteiger partial charge in [0.1, 0.15) is 11.0 Å². The summed E-state index contributed by atoms with van der Waals surface area (Å²) in [7, 11) is -1.52. The second-order valence-electron chi connectivity index (χ2n) is 8.51. The molecule has 0 radical (unpaired) electrons. The lowest BCUT2D eigenvalue weighted by atomic mass is 10.1. The van der Waals surface area contributed by atoms with E-state index in [-0.39, 0.29) is 17.7 Å². The van der Waals surface area contributed by atoms with Crippen molar-refractivity contribution < 1.29 is 32.6 Å². The molecule has 0 aliphatic rings. The smallest absolute Gasteiger partial charge is 0.337 e. The third-order valence-electron chi connectivity index (χ3n) is 6.13. The average molecular weight is 535 g/mol. The lowest BCUT2D eigenvalue weighted by Crippen LogP contribution is -2.35. The first kappa shape index (κ1) is 26.6. The second-order valence-corrected chi connectivity index (χ2v) is 10.5. The number of aliphatic carboxylic acids is 1. The van der Waals surface area contributed by atoms with E-state index in [1.54, 1.807) is 60.9 Å². The maximum absolute atomic E-state index is 14.2. The molecule has 1 N–H and O–H groups in total. The normalized spacial score (nSPS) is 12.1. The molecule has 0 aliphatic heterocycles. The quantitative estimate of drug-likeness (QED) is 0.293. The van der Waals surface area contributed by atoms with Crippen LogP contribution in [0.5, 0.6) is 5.75 Å². The van der Waals surface area contributed by atoms with Crippen LogP contribution in [0, 0.1) is 0 Å². The minimum atomic E-state index is -4.30. The molecule has 0 saturated heterocycles. The van der Waals surface area contributed by atoms with Gasteiger partial charge in [-0.1, -0.05) is 30.3 Å². The topological polar surface area (TPSA) is 123 Å². The van der Waals surface area contributed by atoms with Crippen LogP contribution < -0.4 is 9.04 Å². The first-order chi connectivity index (χ1) is 18.2. The van der Waals surface area contributed by atoms with Crippen LogP contribution in [0.2, 0.25) is 0 Å². The van der Waals surface area contributed by atoms with Crippen molar-refractivity contribution in [3.8, 4) is 5.75 Å². The van der Waals surface area contributed by atoms with Crippen molar-refractivity contribution in [2.24, 2.45) is 0 Å². The fraction of sp³-hybridized carbons (Fsp3) is 0.179. The number of esters is 1. The molecule has 1 aromatic heterocycles. The number of sulfonamides is 1. The van der Waals surface area contributed by atoms with Gasteiger partial charge >= 0.3 is 11.9 Å². The molecule has 4 rings (SSSR count). The van der Waals surface area contributed by atoms with E-state index >= 15 is 0 Å². The number of hydrogen-bond donors (Lipinski definition) is 1. The number of anilines is 1. The Balaban J connectivity index is 1.82. The fourth-order valence-corrected chi connectivity index (χ4v) is 6.01. The highest BCUT2D eigenvalue weighted by molar-refractivity contribution is 7.93. The molecule has 1 heterocycles. The number of nitrogens with zero attached hydrogens (tertiary/aromatic N) is 2. The standard InChI is InChI=1S/C28H26N2O7S/c1-36-25-11-3-19(4-12-25)18-30(24-10-9-23-17-29-14-13-22(23)15-24)38(34,35)26(16-27(31)32)20-5-7-21(8-6-20)28(33)37-2/h3-15,17,26H,16,18H2,1-2H3,(H,31,32). The van der Waals surface area contributed by atoms with Gasteiger partial charge in [0.2, 0.25) is 10.0 Å². The number of aromatic nitrogens is 1. The summed E-state index contributed by atoms with van der Waals surface area (Å²) in [6.07, 6.45) is 2.62. The predicted molar refractivity (Wildman–Crippen MR) is 143 cm³/mol. The van der Waals surface area contributed by atoms with Crippen LogP contribution >= 0.6 is 0 Å². The Morgan fingerprint density at radius 1 is 0.947 bits per heavy atom.